The number of nitrogens with one attached hydrogen (secondary N) is 1. The molecular weight excluding hydrogens is 242 g/mol. The Balaban J connectivity index is 1.92. The lowest BCUT2D eigenvalue weighted by Gasteiger charge is -2.12. The zero-order valence-electron chi connectivity index (χ0n) is 10.2. The van der Waals surface area contributed by atoms with Gasteiger partial charge in [-0.2, -0.15) is 0 Å². The molecule has 1 N–H and O–H groups in total. The lowest BCUT2D eigenvalue weighted by Crippen LogP contribution is -2.24. The van der Waals surface area contributed by atoms with Crippen LogP contribution in [0.1, 0.15) is 23.4 Å². The van der Waals surface area contributed by atoms with Crippen molar-refractivity contribution in [3.63, 3.8) is 0 Å². The standard InChI is InChI=1S/C15H15NOS/c1-12(13-6-3-2-4-7-13)16-15(17)10-9-14-8-5-11-18-14/h2-12H,1H3,(H,16,17)/b10-9+/t12-/m1/s1. The Labute approximate surface area is 111 Å². The molecular formula is C15H15NOS. The van der Waals surface area contributed by atoms with Crippen LogP contribution in [0.25, 0.3) is 6.08 Å². The van der Waals surface area contributed by atoms with Crippen molar-refractivity contribution in [3.8, 4) is 0 Å². The van der Waals surface area contributed by atoms with Gasteiger partial charge < -0.3 is 5.32 Å². The molecule has 2 aromatic rings. The third kappa shape index (κ3) is 3.57. The van der Waals surface area contributed by atoms with Gasteiger partial charge in [-0.3, -0.25) is 4.79 Å². The van der Waals surface area contributed by atoms with Gasteiger partial charge in [0.15, 0.2) is 0 Å². The molecule has 0 fully saturated rings. The van der Waals surface area contributed by atoms with Crippen molar-refractivity contribution < 1.29 is 4.79 Å². The van der Waals surface area contributed by atoms with Crippen LogP contribution >= 0.6 is 11.3 Å². The highest BCUT2D eigenvalue weighted by Gasteiger charge is 2.06. The Bertz CT molecular complexity index is 517. The Hall–Kier alpha value is -1.87. The van der Waals surface area contributed by atoms with Crippen LogP contribution in [-0.4, -0.2) is 5.91 Å². The third-order valence-electron chi connectivity index (χ3n) is 2.60. The smallest absolute Gasteiger partial charge is 0.244 e. The second-order valence-electron chi connectivity index (χ2n) is 3.99. The molecule has 3 heteroatoms. The van der Waals surface area contributed by atoms with E-state index in [1.807, 2.05) is 60.8 Å². The molecule has 2 rings (SSSR count). The van der Waals surface area contributed by atoms with E-state index < -0.39 is 0 Å². The van der Waals surface area contributed by atoms with Crippen LogP contribution in [0.3, 0.4) is 0 Å². The maximum Gasteiger partial charge on any atom is 0.244 e. The zero-order chi connectivity index (χ0) is 12.8. The van der Waals surface area contributed by atoms with E-state index in [2.05, 4.69) is 5.32 Å². The van der Waals surface area contributed by atoms with Crippen LogP contribution in [0, 0.1) is 0 Å². The summed E-state index contributed by atoms with van der Waals surface area (Å²) in [5.41, 5.74) is 1.11. The molecule has 1 heterocycles. The summed E-state index contributed by atoms with van der Waals surface area (Å²) in [5.74, 6) is -0.0697. The number of hydrogen-bond donors (Lipinski definition) is 1. The van der Waals surface area contributed by atoms with Gasteiger partial charge in [-0.15, -0.1) is 11.3 Å². The molecule has 0 aliphatic rings. The van der Waals surface area contributed by atoms with Crippen LogP contribution in [0.5, 0.6) is 0 Å². The fraction of sp³-hybridized carbons (Fsp3) is 0.133. The van der Waals surface area contributed by atoms with Gasteiger partial charge in [-0.1, -0.05) is 36.4 Å². The minimum atomic E-state index is -0.0697. The summed E-state index contributed by atoms with van der Waals surface area (Å²) in [4.78, 5) is 12.8. The SMILES string of the molecule is C[C@@H](NC(=O)/C=C/c1cccs1)c1ccccc1. The maximum atomic E-state index is 11.7. The first kappa shape index (κ1) is 12.6. The number of amides is 1. The summed E-state index contributed by atoms with van der Waals surface area (Å²) in [7, 11) is 0. The Morgan fingerprint density at radius 3 is 2.67 bits per heavy atom. The molecule has 1 amide bonds. The fourth-order valence-corrected chi connectivity index (χ4v) is 2.25. The predicted octanol–water partition coefficient (Wildman–Crippen LogP) is 3.64. The van der Waals surface area contributed by atoms with Gasteiger partial charge in [-0.05, 0) is 30.0 Å². The van der Waals surface area contributed by atoms with Crippen molar-refractivity contribution in [3.05, 3.63) is 64.4 Å². The lowest BCUT2D eigenvalue weighted by molar-refractivity contribution is -0.117. The highest BCUT2D eigenvalue weighted by atomic mass is 32.1. The fourth-order valence-electron chi connectivity index (χ4n) is 1.63. The largest absolute Gasteiger partial charge is 0.346 e. The molecule has 0 saturated carbocycles. The monoisotopic (exact) mass is 257 g/mol. The molecule has 0 radical (unpaired) electrons. The van der Waals surface area contributed by atoms with E-state index in [4.69, 9.17) is 0 Å². The average molecular weight is 257 g/mol. The summed E-state index contributed by atoms with van der Waals surface area (Å²) in [6, 6.07) is 13.9. The van der Waals surface area contributed by atoms with Crippen LogP contribution < -0.4 is 5.32 Å². The maximum absolute atomic E-state index is 11.7. The summed E-state index contributed by atoms with van der Waals surface area (Å²) in [6.07, 6.45) is 3.41. The van der Waals surface area contributed by atoms with E-state index >= 15 is 0 Å². The van der Waals surface area contributed by atoms with E-state index in [1.54, 1.807) is 17.4 Å². The van der Waals surface area contributed by atoms with E-state index in [9.17, 15) is 4.79 Å². The highest BCUT2D eigenvalue weighted by molar-refractivity contribution is 7.10. The molecule has 1 aromatic carbocycles. The topological polar surface area (TPSA) is 29.1 Å². The predicted molar refractivity (Wildman–Crippen MR) is 76.4 cm³/mol. The normalized spacial score (nSPS) is 12.5. The van der Waals surface area contributed by atoms with Crippen molar-refractivity contribution in [2.75, 3.05) is 0 Å². The summed E-state index contributed by atoms with van der Waals surface area (Å²) < 4.78 is 0. The van der Waals surface area contributed by atoms with E-state index in [-0.39, 0.29) is 11.9 Å². The van der Waals surface area contributed by atoms with Crippen molar-refractivity contribution in [2.24, 2.45) is 0 Å². The molecule has 1 aromatic heterocycles. The number of rotatable bonds is 4. The molecule has 18 heavy (non-hydrogen) atoms. The van der Waals surface area contributed by atoms with Crippen LogP contribution in [-0.2, 0) is 4.79 Å². The molecule has 92 valence electrons. The Kier molecular flexibility index (Phi) is 4.31. The molecule has 0 aliphatic heterocycles. The minimum Gasteiger partial charge on any atom is -0.346 e. The van der Waals surface area contributed by atoms with Gasteiger partial charge in [0, 0.05) is 11.0 Å². The Morgan fingerprint density at radius 2 is 2.00 bits per heavy atom. The first-order valence-electron chi connectivity index (χ1n) is 5.83. The van der Waals surface area contributed by atoms with Gasteiger partial charge in [0.2, 0.25) is 5.91 Å². The second-order valence-corrected chi connectivity index (χ2v) is 4.97. The van der Waals surface area contributed by atoms with Crippen LogP contribution in [0.15, 0.2) is 53.9 Å². The summed E-state index contributed by atoms with van der Waals surface area (Å²) in [6.45, 7) is 1.98. The van der Waals surface area contributed by atoms with Crippen molar-refractivity contribution >= 4 is 23.3 Å². The van der Waals surface area contributed by atoms with E-state index in [1.165, 1.54) is 0 Å². The number of thiophene rings is 1. The van der Waals surface area contributed by atoms with E-state index in [0.29, 0.717) is 0 Å². The first-order valence-corrected chi connectivity index (χ1v) is 6.71. The molecule has 2 nitrogen and oxygen atoms in total. The number of carbonyl (C=O) groups excluding carboxylic acids is 1. The first-order chi connectivity index (χ1) is 8.75. The summed E-state index contributed by atoms with van der Waals surface area (Å²) >= 11 is 1.61. The van der Waals surface area contributed by atoms with Gasteiger partial charge in [0.1, 0.15) is 0 Å². The highest BCUT2D eigenvalue weighted by Crippen LogP contribution is 2.12. The van der Waals surface area contributed by atoms with Gasteiger partial charge >= 0.3 is 0 Å². The minimum absolute atomic E-state index is 0.0201. The Morgan fingerprint density at radius 1 is 1.22 bits per heavy atom. The molecule has 0 unspecified atom stereocenters. The molecule has 0 aliphatic carbocycles. The molecule has 0 spiro atoms. The quantitative estimate of drug-likeness (QED) is 0.832. The zero-order valence-corrected chi connectivity index (χ0v) is 11.0. The van der Waals surface area contributed by atoms with Gasteiger partial charge in [0.05, 0.1) is 6.04 Å². The lowest BCUT2D eigenvalue weighted by atomic mass is 10.1. The van der Waals surface area contributed by atoms with Crippen LogP contribution in [0.2, 0.25) is 0 Å². The molecule has 0 bridgehead atoms. The number of carbonyl (C=O) groups is 1. The average Bonchev–Trinajstić information content (AvgIpc) is 2.90. The number of hydrogen-bond acceptors (Lipinski definition) is 2. The van der Waals surface area contributed by atoms with Crippen molar-refractivity contribution in [1.29, 1.82) is 0 Å². The molecule has 0 saturated heterocycles. The van der Waals surface area contributed by atoms with Crippen molar-refractivity contribution in [1.82, 2.24) is 5.32 Å². The van der Waals surface area contributed by atoms with Gasteiger partial charge in [0.25, 0.3) is 0 Å². The van der Waals surface area contributed by atoms with Crippen LogP contribution in [0.4, 0.5) is 0 Å². The second kappa shape index (κ2) is 6.17. The third-order valence-corrected chi connectivity index (χ3v) is 3.44. The molecule has 1 atom stereocenters. The van der Waals surface area contributed by atoms with Crippen molar-refractivity contribution in [2.45, 2.75) is 13.0 Å². The number of benzene rings is 1. The summed E-state index contributed by atoms with van der Waals surface area (Å²) in [5, 5.41) is 4.93. The van der Waals surface area contributed by atoms with Gasteiger partial charge in [-0.25, -0.2) is 0 Å². The van der Waals surface area contributed by atoms with E-state index in [0.717, 1.165) is 10.4 Å².